The molecule has 0 radical (unpaired) electrons. The third-order valence-corrected chi connectivity index (χ3v) is 2.98. The zero-order chi connectivity index (χ0) is 18.4. The van der Waals surface area contributed by atoms with E-state index >= 15 is 0 Å². The molecule has 11 heteroatoms. The number of carboxylic acids is 1. The lowest BCUT2D eigenvalue weighted by atomic mass is 10.2. The highest BCUT2D eigenvalue weighted by molar-refractivity contribution is 5.99. The van der Waals surface area contributed by atoms with E-state index in [2.05, 4.69) is 20.8 Å². The largest absolute Gasteiger partial charge is 0.493 e. The van der Waals surface area contributed by atoms with Gasteiger partial charge in [0.1, 0.15) is 0 Å². The van der Waals surface area contributed by atoms with Crippen molar-refractivity contribution >= 4 is 23.5 Å². The maximum atomic E-state index is 12.0. The Balaban J connectivity index is 2.09. The number of carbonyl (C=O) groups excluding carboxylic acids is 1. The quantitative estimate of drug-likeness (QED) is 0.673. The molecule has 2 rings (SSSR count). The van der Waals surface area contributed by atoms with Crippen molar-refractivity contribution in [3.8, 4) is 17.2 Å². The number of aliphatic carboxylic acids is 1. The van der Waals surface area contributed by atoms with Gasteiger partial charge in [0.2, 0.25) is 5.75 Å². The summed E-state index contributed by atoms with van der Waals surface area (Å²) in [7, 11) is 4.39. The SMILES string of the molecule is COc1cc(NC(=O)Nc2cnn(CC(=O)O)n2)cc(OC)c1OC. The van der Waals surface area contributed by atoms with Crippen molar-refractivity contribution in [2.24, 2.45) is 0 Å². The fourth-order valence-electron chi connectivity index (χ4n) is 1.98. The number of carbonyl (C=O) groups is 2. The van der Waals surface area contributed by atoms with E-state index in [4.69, 9.17) is 19.3 Å². The van der Waals surface area contributed by atoms with E-state index in [-0.39, 0.29) is 5.82 Å². The van der Waals surface area contributed by atoms with Gasteiger partial charge in [0, 0.05) is 12.1 Å². The predicted octanol–water partition coefficient (Wildman–Crippen LogP) is 1.03. The summed E-state index contributed by atoms with van der Waals surface area (Å²) in [4.78, 5) is 23.6. The minimum absolute atomic E-state index is 0.103. The number of urea groups is 1. The molecule has 0 unspecified atom stereocenters. The molecule has 3 N–H and O–H groups in total. The molecule has 0 saturated heterocycles. The number of hydrogen-bond donors (Lipinski definition) is 3. The number of methoxy groups -OCH3 is 3. The average molecular weight is 351 g/mol. The number of anilines is 2. The fourth-order valence-corrected chi connectivity index (χ4v) is 1.98. The van der Waals surface area contributed by atoms with E-state index in [9.17, 15) is 9.59 Å². The number of nitrogens with one attached hydrogen (secondary N) is 2. The van der Waals surface area contributed by atoms with Gasteiger partial charge in [-0.1, -0.05) is 0 Å². The zero-order valence-electron chi connectivity index (χ0n) is 13.8. The highest BCUT2D eigenvalue weighted by atomic mass is 16.5. The molecule has 1 aromatic heterocycles. The van der Waals surface area contributed by atoms with Crippen LogP contribution in [0.4, 0.5) is 16.3 Å². The molecule has 0 atom stereocenters. The van der Waals surface area contributed by atoms with Crippen molar-refractivity contribution in [3.63, 3.8) is 0 Å². The number of rotatable bonds is 7. The minimum Gasteiger partial charge on any atom is -0.493 e. The summed E-state index contributed by atoms with van der Waals surface area (Å²) in [6.45, 7) is -0.407. The summed E-state index contributed by atoms with van der Waals surface area (Å²) in [5, 5.41) is 21.2. The van der Waals surface area contributed by atoms with Crippen LogP contribution in [0.15, 0.2) is 18.3 Å². The number of hydrogen-bond acceptors (Lipinski definition) is 7. The van der Waals surface area contributed by atoms with Crippen LogP contribution in [-0.4, -0.2) is 53.4 Å². The molecular weight excluding hydrogens is 334 g/mol. The summed E-state index contributed by atoms with van der Waals surface area (Å²) in [5.74, 6) is 0.164. The van der Waals surface area contributed by atoms with Gasteiger partial charge in [0.25, 0.3) is 0 Å². The molecular formula is C14H17N5O6. The standard InChI is InChI=1S/C14H17N5O6/c1-23-9-4-8(5-10(24-2)13(9)25-3)16-14(22)17-11-6-15-19(18-11)7-12(20)21/h4-6H,7H2,1-3H3,(H,20,21)(H2,16,17,18,22). The molecule has 0 bridgehead atoms. The molecule has 1 aromatic carbocycles. The van der Waals surface area contributed by atoms with Crippen LogP contribution in [0.5, 0.6) is 17.2 Å². The van der Waals surface area contributed by atoms with Gasteiger partial charge in [-0.3, -0.25) is 10.1 Å². The van der Waals surface area contributed by atoms with E-state index in [1.807, 2.05) is 0 Å². The summed E-state index contributed by atoms with van der Waals surface area (Å²) < 4.78 is 15.6. The van der Waals surface area contributed by atoms with E-state index in [0.29, 0.717) is 22.9 Å². The molecule has 11 nitrogen and oxygen atoms in total. The highest BCUT2D eigenvalue weighted by Gasteiger charge is 2.15. The first-order chi connectivity index (χ1) is 12.0. The van der Waals surface area contributed by atoms with Crippen molar-refractivity contribution < 1.29 is 28.9 Å². The molecule has 0 aliphatic carbocycles. The fraction of sp³-hybridized carbons (Fsp3) is 0.286. The number of amides is 2. The molecule has 134 valence electrons. The zero-order valence-corrected chi connectivity index (χ0v) is 13.8. The Morgan fingerprint density at radius 3 is 2.28 bits per heavy atom. The monoisotopic (exact) mass is 351 g/mol. The molecule has 1 heterocycles. The molecule has 0 aliphatic heterocycles. The Morgan fingerprint density at radius 1 is 1.12 bits per heavy atom. The Morgan fingerprint density at radius 2 is 1.76 bits per heavy atom. The van der Waals surface area contributed by atoms with Gasteiger partial charge in [-0.2, -0.15) is 9.90 Å². The Bertz CT molecular complexity index is 750. The van der Waals surface area contributed by atoms with Crippen LogP contribution in [0.25, 0.3) is 0 Å². The Labute approximate surface area is 142 Å². The first-order valence-corrected chi connectivity index (χ1v) is 6.96. The third-order valence-electron chi connectivity index (χ3n) is 2.98. The summed E-state index contributed by atoms with van der Waals surface area (Å²) in [6.07, 6.45) is 1.23. The van der Waals surface area contributed by atoms with Crippen LogP contribution in [-0.2, 0) is 11.3 Å². The van der Waals surface area contributed by atoms with Crippen molar-refractivity contribution in [2.75, 3.05) is 32.0 Å². The van der Waals surface area contributed by atoms with E-state index in [1.54, 1.807) is 12.1 Å². The second kappa shape index (κ2) is 7.86. The maximum Gasteiger partial charge on any atom is 0.327 e. The molecule has 0 aliphatic rings. The number of carboxylic acid groups (broad SMARTS) is 1. The smallest absolute Gasteiger partial charge is 0.327 e. The number of aromatic nitrogens is 3. The molecule has 0 spiro atoms. The van der Waals surface area contributed by atoms with Crippen molar-refractivity contribution in [2.45, 2.75) is 6.54 Å². The van der Waals surface area contributed by atoms with Crippen LogP contribution in [0.1, 0.15) is 0 Å². The first kappa shape index (κ1) is 17.8. The van der Waals surface area contributed by atoms with Crippen molar-refractivity contribution in [3.05, 3.63) is 18.3 Å². The molecule has 0 fully saturated rings. The molecule has 2 amide bonds. The summed E-state index contributed by atoms with van der Waals surface area (Å²) in [5.41, 5.74) is 0.393. The second-order valence-corrected chi connectivity index (χ2v) is 4.65. The number of ether oxygens (including phenoxy) is 3. The average Bonchev–Trinajstić information content (AvgIpc) is 2.99. The van der Waals surface area contributed by atoms with Gasteiger partial charge in [-0.15, -0.1) is 5.10 Å². The first-order valence-electron chi connectivity index (χ1n) is 6.96. The van der Waals surface area contributed by atoms with Gasteiger partial charge in [0.15, 0.2) is 23.9 Å². The van der Waals surface area contributed by atoms with Crippen LogP contribution in [0.2, 0.25) is 0 Å². The van der Waals surface area contributed by atoms with Gasteiger partial charge in [-0.05, 0) is 0 Å². The number of benzene rings is 1. The van der Waals surface area contributed by atoms with E-state index in [0.717, 1.165) is 4.80 Å². The van der Waals surface area contributed by atoms with Gasteiger partial charge in [-0.25, -0.2) is 4.79 Å². The molecule has 0 saturated carbocycles. The van der Waals surface area contributed by atoms with Gasteiger partial charge < -0.3 is 24.6 Å². The van der Waals surface area contributed by atoms with Gasteiger partial charge >= 0.3 is 12.0 Å². The Hall–Kier alpha value is -3.50. The van der Waals surface area contributed by atoms with Crippen LogP contribution in [0, 0.1) is 0 Å². The van der Waals surface area contributed by atoms with Crippen molar-refractivity contribution in [1.29, 1.82) is 0 Å². The van der Waals surface area contributed by atoms with E-state index < -0.39 is 18.5 Å². The summed E-state index contributed by atoms with van der Waals surface area (Å²) >= 11 is 0. The maximum absolute atomic E-state index is 12.0. The van der Waals surface area contributed by atoms with Crippen LogP contribution >= 0.6 is 0 Å². The van der Waals surface area contributed by atoms with Crippen LogP contribution < -0.4 is 24.8 Å². The lowest BCUT2D eigenvalue weighted by Gasteiger charge is -2.14. The molecule has 25 heavy (non-hydrogen) atoms. The Kier molecular flexibility index (Phi) is 5.61. The highest BCUT2D eigenvalue weighted by Crippen LogP contribution is 2.39. The van der Waals surface area contributed by atoms with Gasteiger partial charge in [0.05, 0.1) is 33.2 Å². The van der Waals surface area contributed by atoms with Crippen molar-refractivity contribution in [1.82, 2.24) is 15.0 Å². The predicted molar refractivity (Wildman–Crippen MR) is 86.4 cm³/mol. The summed E-state index contributed by atoms with van der Waals surface area (Å²) in [6, 6.07) is 2.52. The second-order valence-electron chi connectivity index (χ2n) is 4.65. The minimum atomic E-state index is -1.09. The number of nitrogens with zero attached hydrogens (tertiary/aromatic N) is 3. The topological polar surface area (TPSA) is 137 Å². The lowest BCUT2D eigenvalue weighted by molar-refractivity contribution is -0.138. The van der Waals surface area contributed by atoms with E-state index in [1.165, 1.54) is 27.5 Å². The normalized spacial score (nSPS) is 10.0. The lowest BCUT2D eigenvalue weighted by Crippen LogP contribution is -2.20. The third kappa shape index (κ3) is 4.50. The molecule has 2 aromatic rings. The van der Waals surface area contributed by atoms with Crippen LogP contribution in [0.3, 0.4) is 0 Å².